The molecular formula is C20H20BCuF4N4. The topological polar surface area (TPSA) is 51.6 Å². The number of halogens is 4. The van der Waals surface area contributed by atoms with Crippen molar-refractivity contribution in [1.29, 1.82) is 0 Å². The summed E-state index contributed by atoms with van der Waals surface area (Å²) in [5.74, 6) is 0. The summed E-state index contributed by atoms with van der Waals surface area (Å²) in [5.41, 5.74) is 0. The fourth-order valence-electron chi connectivity index (χ4n) is 1.25. The van der Waals surface area contributed by atoms with Crippen LogP contribution in [0.2, 0.25) is 0 Å². The maximum Gasteiger partial charge on any atom is 1.00 e. The molecule has 0 aliphatic heterocycles. The molecule has 4 heterocycles. The van der Waals surface area contributed by atoms with E-state index < -0.39 is 7.25 Å². The van der Waals surface area contributed by atoms with Crippen LogP contribution in [0.3, 0.4) is 0 Å². The van der Waals surface area contributed by atoms with Crippen molar-refractivity contribution in [2.45, 2.75) is 0 Å². The van der Waals surface area contributed by atoms with Gasteiger partial charge in [0.15, 0.2) is 0 Å². The van der Waals surface area contributed by atoms with E-state index in [2.05, 4.69) is 19.9 Å². The van der Waals surface area contributed by atoms with E-state index in [1.165, 1.54) is 0 Å². The minimum Gasteiger partial charge on any atom is -0.418 e. The van der Waals surface area contributed by atoms with Crippen molar-refractivity contribution in [2.75, 3.05) is 0 Å². The minimum atomic E-state index is -6.00. The monoisotopic (exact) mass is 466 g/mol. The minimum absolute atomic E-state index is 0. The predicted octanol–water partition coefficient (Wildman–Crippen LogP) is 5.62. The fourth-order valence-corrected chi connectivity index (χ4v) is 1.25. The zero-order valence-electron chi connectivity index (χ0n) is 15.7. The van der Waals surface area contributed by atoms with Crippen LogP contribution in [0.5, 0.6) is 0 Å². The van der Waals surface area contributed by atoms with Gasteiger partial charge in [0.2, 0.25) is 0 Å². The number of hydrogen-bond acceptors (Lipinski definition) is 4. The van der Waals surface area contributed by atoms with Crippen LogP contribution in [-0.2, 0) is 17.1 Å². The van der Waals surface area contributed by atoms with Gasteiger partial charge in [0.05, 0.1) is 0 Å². The first kappa shape index (κ1) is 29.1. The summed E-state index contributed by atoms with van der Waals surface area (Å²) >= 11 is 0. The van der Waals surface area contributed by atoms with Gasteiger partial charge in [-0.15, -0.1) is 0 Å². The van der Waals surface area contributed by atoms with Crippen LogP contribution in [0, 0.1) is 0 Å². The summed E-state index contributed by atoms with van der Waals surface area (Å²) in [7, 11) is -6.00. The Hall–Kier alpha value is -3.10. The van der Waals surface area contributed by atoms with Crippen LogP contribution >= 0.6 is 0 Å². The van der Waals surface area contributed by atoms with Gasteiger partial charge < -0.3 is 17.3 Å². The van der Waals surface area contributed by atoms with Gasteiger partial charge >= 0.3 is 24.3 Å². The molecule has 10 heteroatoms. The smallest absolute Gasteiger partial charge is 0.418 e. The van der Waals surface area contributed by atoms with E-state index in [1.807, 2.05) is 72.8 Å². The number of rotatable bonds is 0. The molecule has 0 atom stereocenters. The summed E-state index contributed by atoms with van der Waals surface area (Å²) < 4.78 is 39.0. The Morgan fingerprint density at radius 1 is 0.333 bits per heavy atom. The molecule has 0 saturated carbocycles. The van der Waals surface area contributed by atoms with Crippen LogP contribution < -0.4 is 0 Å². The predicted molar refractivity (Wildman–Crippen MR) is 107 cm³/mol. The van der Waals surface area contributed by atoms with Crippen molar-refractivity contribution >= 4 is 7.25 Å². The second-order valence-corrected chi connectivity index (χ2v) is 4.59. The molecule has 0 aliphatic carbocycles. The Balaban J connectivity index is 0. The molecule has 30 heavy (non-hydrogen) atoms. The molecule has 0 amide bonds. The van der Waals surface area contributed by atoms with Gasteiger partial charge in [-0.1, -0.05) is 24.3 Å². The molecule has 4 aromatic rings. The van der Waals surface area contributed by atoms with E-state index in [0.29, 0.717) is 0 Å². The van der Waals surface area contributed by atoms with Crippen LogP contribution in [0.15, 0.2) is 122 Å². The zero-order chi connectivity index (χ0) is 21.5. The zero-order valence-corrected chi connectivity index (χ0v) is 16.7. The Labute approximate surface area is 184 Å². The third kappa shape index (κ3) is 32.6. The van der Waals surface area contributed by atoms with Crippen molar-refractivity contribution in [3.05, 3.63) is 122 Å². The van der Waals surface area contributed by atoms with Gasteiger partial charge in [-0.2, -0.15) is 0 Å². The molecular weight excluding hydrogens is 447 g/mol. The van der Waals surface area contributed by atoms with Crippen LogP contribution in [0.4, 0.5) is 17.3 Å². The largest absolute Gasteiger partial charge is 1.00 e. The summed E-state index contributed by atoms with van der Waals surface area (Å²) in [6, 6.07) is 22.9. The van der Waals surface area contributed by atoms with Crippen LogP contribution in [0.25, 0.3) is 0 Å². The van der Waals surface area contributed by atoms with Crippen molar-refractivity contribution in [1.82, 2.24) is 19.9 Å². The van der Waals surface area contributed by atoms with Gasteiger partial charge in [0.25, 0.3) is 0 Å². The standard InChI is InChI=1S/4C5H5N.BF4.Cu/c4*1-2-4-6-5-3-1;2-1(3,4)5;/h4*1-5H;;/q;;;;-1;+1. The molecule has 4 nitrogen and oxygen atoms in total. The van der Waals surface area contributed by atoms with Gasteiger partial charge in [0, 0.05) is 49.6 Å². The Morgan fingerprint density at radius 3 is 0.500 bits per heavy atom. The first-order valence-corrected chi connectivity index (χ1v) is 8.27. The molecule has 0 aliphatic rings. The molecule has 0 fully saturated rings. The van der Waals surface area contributed by atoms with E-state index in [4.69, 9.17) is 0 Å². The quantitative estimate of drug-likeness (QED) is 0.249. The third-order valence-electron chi connectivity index (χ3n) is 2.27. The molecule has 0 N–H and O–H groups in total. The van der Waals surface area contributed by atoms with Crippen molar-refractivity contribution < 1.29 is 34.3 Å². The molecule has 162 valence electrons. The number of hydrogen-bond donors (Lipinski definition) is 0. The second kappa shape index (κ2) is 22.2. The van der Waals surface area contributed by atoms with Crippen LogP contribution in [0.1, 0.15) is 0 Å². The maximum absolute atomic E-state index is 9.75. The maximum atomic E-state index is 9.75. The van der Waals surface area contributed by atoms with Gasteiger partial charge in [-0.05, 0) is 48.5 Å². The van der Waals surface area contributed by atoms with Crippen molar-refractivity contribution in [3.8, 4) is 0 Å². The summed E-state index contributed by atoms with van der Waals surface area (Å²) in [6.45, 7) is 0. The van der Waals surface area contributed by atoms with Gasteiger partial charge in [0.1, 0.15) is 0 Å². The SMILES string of the molecule is F[B-](F)(F)F.[Cu+].c1ccncc1.c1ccncc1.c1ccncc1.c1ccncc1. The summed E-state index contributed by atoms with van der Waals surface area (Å²) in [4.78, 5) is 15.1. The van der Waals surface area contributed by atoms with E-state index in [-0.39, 0.29) is 17.1 Å². The Morgan fingerprint density at radius 2 is 0.467 bits per heavy atom. The summed E-state index contributed by atoms with van der Waals surface area (Å²) in [6.07, 6.45) is 14.0. The molecule has 0 unspecified atom stereocenters. The van der Waals surface area contributed by atoms with E-state index in [1.54, 1.807) is 49.6 Å². The van der Waals surface area contributed by atoms with E-state index in [0.717, 1.165) is 0 Å². The second-order valence-electron chi connectivity index (χ2n) is 4.59. The number of nitrogens with zero attached hydrogens (tertiary/aromatic N) is 4. The molecule has 4 rings (SSSR count). The Bertz CT molecular complexity index is 533. The first-order chi connectivity index (χ1) is 14.0. The average Bonchev–Trinajstić information content (AvgIpc) is 2.79. The van der Waals surface area contributed by atoms with Gasteiger partial charge in [-0.3, -0.25) is 19.9 Å². The van der Waals surface area contributed by atoms with E-state index >= 15 is 0 Å². The number of aromatic nitrogens is 4. The van der Waals surface area contributed by atoms with Crippen LogP contribution in [-0.4, -0.2) is 27.2 Å². The molecule has 0 saturated heterocycles. The fraction of sp³-hybridized carbons (Fsp3) is 0. The number of pyridine rings is 4. The molecule has 0 spiro atoms. The molecule has 0 aromatic carbocycles. The Kier molecular flexibility index (Phi) is 21.5. The normalized spacial score (nSPS) is 8.40. The molecule has 4 aromatic heterocycles. The third-order valence-corrected chi connectivity index (χ3v) is 2.27. The average molecular weight is 467 g/mol. The molecule has 0 bridgehead atoms. The van der Waals surface area contributed by atoms with Gasteiger partial charge in [-0.25, -0.2) is 0 Å². The van der Waals surface area contributed by atoms with Crippen molar-refractivity contribution in [2.24, 2.45) is 0 Å². The van der Waals surface area contributed by atoms with Crippen molar-refractivity contribution in [3.63, 3.8) is 0 Å². The first-order valence-electron chi connectivity index (χ1n) is 8.27. The molecule has 0 radical (unpaired) electrons. The summed E-state index contributed by atoms with van der Waals surface area (Å²) in [5, 5.41) is 0. The van der Waals surface area contributed by atoms with E-state index in [9.17, 15) is 17.3 Å².